The maximum atomic E-state index is 15.5. The number of carboxylic acids is 1. The lowest BCUT2D eigenvalue weighted by Crippen LogP contribution is -2.40. The first-order valence-electron chi connectivity index (χ1n) is 10.6. The van der Waals surface area contributed by atoms with Crippen molar-refractivity contribution >= 4 is 22.6 Å². The number of aromatic carboxylic acids is 1. The molecule has 1 aliphatic carbocycles. The third-order valence-electron chi connectivity index (χ3n) is 6.40. The fourth-order valence-corrected chi connectivity index (χ4v) is 4.86. The minimum absolute atomic E-state index is 0.0145. The van der Waals surface area contributed by atoms with Gasteiger partial charge >= 0.3 is 5.97 Å². The number of pyridine rings is 1. The minimum Gasteiger partial charge on any atom is -0.492 e. The molecule has 5 rings (SSSR count). The van der Waals surface area contributed by atoms with E-state index in [2.05, 4.69) is 5.32 Å². The van der Waals surface area contributed by atoms with Crippen LogP contribution in [0.4, 0.5) is 10.1 Å². The van der Waals surface area contributed by atoms with Gasteiger partial charge in [0.05, 0.1) is 19.4 Å². The van der Waals surface area contributed by atoms with Crippen LogP contribution in [-0.2, 0) is 0 Å². The molecule has 2 unspecified atom stereocenters. The Morgan fingerprint density at radius 3 is 2.83 bits per heavy atom. The Bertz CT molecular complexity index is 1100. The summed E-state index contributed by atoms with van der Waals surface area (Å²) in [6, 6.07) is -0.292. The summed E-state index contributed by atoms with van der Waals surface area (Å²) >= 11 is 0. The predicted molar refractivity (Wildman–Crippen MR) is 107 cm³/mol. The predicted octanol–water partition coefficient (Wildman–Crippen LogP) is 2.37. The number of rotatable bonds is 4. The van der Waals surface area contributed by atoms with Gasteiger partial charge in [0.15, 0.2) is 11.6 Å². The molecule has 1 saturated carbocycles. The van der Waals surface area contributed by atoms with Crippen molar-refractivity contribution in [3.63, 3.8) is 0 Å². The number of fused-ring (bicyclic) bond motifs is 2. The highest BCUT2D eigenvalue weighted by atomic mass is 19.1. The van der Waals surface area contributed by atoms with E-state index in [1.807, 2.05) is 4.90 Å². The lowest BCUT2D eigenvalue weighted by molar-refractivity contribution is 0.0695. The normalized spacial score (nSPS) is 24.5. The summed E-state index contributed by atoms with van der Waals surface area (Å²) in [4.78, 5) is 26.4. The number of methoxy groups -OCH3 is 1. The van der Waals surface area contributed by atoms with Crippen LogP contribution in [0.5, 0.6) is 5.75 Å². The molecule has 0 spiro atoms. The zero-order valence-electron chi connectivity index (χ0n) is 17.2. The average Bonchev–Trinajstić information content (AvgIpc) is 3.48. The number of piperidine rings is 1. The van der Waals surface area contributed by atoms with Gasteiger partial charge in [0, 0.05) is 31.4 Å². The summed E-state index contributed by atoms with van der Waals surface area (Å²) in [6.45, 7) is 2.19. The van der Waals surface area contributed by atoms with E-state index >= 15 is 4.39 Å². The number of ether oxygens (including phenoxy) is 1. The molecule has 2 aromatic rings. The number of nitrogens with one attached hydrogen (secondary N) is 1. The molecule has 2 N–H and O–H groups in total. The number of aromatic nitrogens is 1. The minimum atomic E-state index is -1.38. The van der Waals surface area contributed by atoms with Gasteiger partial charge in [0.25, 0.3) is 0 Å². The van der Waals surface area contributed by atoms with Crippen LogP contribution < -0.4 is 20.4 Å². The zero-order valence-corrected chi connectivity index (χ0v) is 16.2. The summed E-state index contributed by atoms with van der Waals surface area (Å²) < 4.78 is 31.3. The van der Waals surface area contributed by atoms with Crippen molar-refractivity contribution in [2.24, 2.45) is 5.92 Å². The molecule has 2 saturated heterocycles. The second-order valence-electron chi connectivity index (χ2n) is 8.23. The monoisotopic (exact) mass is 402 g/mol. The van der Waals surface area contributed by atoms with Crippen LogP contribution in [0.15, 0.2) is 17.0 Å². The molecule has 29 heavy (non-hydrogen) atoms. The SMILES string of the molecule is [2H]c1c(F)c(N2CC3CCCNC3C2)c(OC)c2c1c(=O)c(C(=O)O)cn2C1CC1. The number of hydrogen-bond donors (Lipinski definition) is 2. The van der Waals surface area contributed by atoms with E-state index in [1.165, 1.54) is 13.3 Å². The van der Waals surface area contributed by atoms with Crippen molar-refractivity contribution in [1.29, 1.82) is 0 Å². The van der Waals surface area contributed by atoms with Crippen molar-refractivity contribution in [2.45, 2.75) is 37.8 Å². The first kappa shape index (κ1) is 17.3. The molecule has 3 aliphatic rings. The molecule has 154 valence electrons. The van der Waals surface area contributed by atoms with Crippen LogP contribution >= 0.6 is 0 Å². The van der Waals surface area contributed by atoms with Crippen LogP contribution in [0, 0.1) is 11.7 Å². The molecular formula is C21H24FN3O4. The largest absolute Gasteiger partial charge is 0.492 e. The lowest BCUT2D eigenvalue weighted by atomic mass is 9.94. The molecule has 8 heteroatoms. The number of carbonyl (C=O) groups is 1. The molecule has 0 amide bonds. The Morgan fingerprint density at radius 2 is 2.17 bits per heavy atom. The highest BCUT2D eigenvalue weighted by Gasteiger charge is 2.38. The Balaban J connectivity index is 1.78. The van der Waals surface area contributed by atoms with E-state index in [0.29, 0.717) is 24.5 Å². The molecule has 1 aromatic carbocycles. The van der Waals surface area contributed by atoms with Crippen molar-refractivity contribution in [3.05, 3.63) is 33.8 Å². The second-order valence-corrected chi connectivity index (χ2v) is 8.23. The fraction of sp³-hybridized carbons (Fsp3) is 0.524. The van der Waals surface area contributed by atoms with Gasteiger partial charge in [-0.2, -0.15) is 0 Å². The summed E-state index contributed by atoms with van der Waals surface area (Å²) in [5, 5.41) is 12.7. The molecular weight excluding hydrogens is 377 g/mol. The topological polar surface area (TPSA) is 83.8 Å². The molecule has 1 aromatic heterocycles. The Labute approximate surface area is 168 Å². The number of anilines is 1. The molecule has 2 atom stereocenters. The summed E-state index contributed by atoms with van der Waals surface area (Å²) in [5.41, 5.74) is -0.782. The zero-order chi connectivity index (χ0) is 21.2. The van der Waals surface area contributed by atoms with Gasteiger partial charge in [-0.25, -0.2) is 9.18 Å². The molecule has 3 heterocycles. The van der Waals surface area contributed by atoms with E-state index in [4.69, 9.17) is 6.11 Å². The van der Waals surface area contributed by atoms with Crippen LogP contribution in [0.2, 0.25) is 0 Å². The van der Waals surface area contributed by atoms with E-state index in [0.717, 1.165) is 32.2 Å². The Morgan fingerprint density at radius 1 is 1.38 bits per heavy atom. The van der Waals surface area contributed by atoms with Gasteiger partial charge in [0.1, 0.15) is 11.3 Å². The van der Waals surface area contributed by atoms with Crippen LogP contribution in [0.3, 0.4) is 0 Å². The van der Waals surface area contributed by atoms with Crippen molar-refractivity contribution in [3.8, 4) is 5.75 Å². The van der Waals surface area contributed by atoms with Crippen LogP contribution in [0.25, 0.3) is 10.9 Å². The quantitative estimate of drug-likeness (QED) is 0.817. The molecule has 0 bridgehead atoms. The van der Waals surface area contributed by atoms with Crippen molar-refractivity contribution in [1.82, 2.24) is 9.88 Å². The van der Waals surface area contributed by atoms with Gasteiger partial charge in [0.2, 0.25) is 5.43 Å². The highest BCUT2D eigenvalue weighted by molar-refractivity contribution is 5.97. The molecule has 7 nitrogen and oxygen atoms in total. The maximum Gasteiger partial charge on any atom is 0.341 e. The van der Waals surface area contributed by atoms with Gasteiger partial charge in [-0.1, -0.05) is 0 Å². The number of benzene rings is 1. The molecule has 3 fully saturated rings. The summed E-state index contributed by atoms with van der Waals surface area (Å²) in [6.07, 6.45) is 5.12. The van der Waals surface area contributed by atoms with E-state index in [-0.39, 0.29) is 28.9 Å². The van der Waals surface area contributed by atoms with E-state index < -0.39 is 28.8 Å². The molecule has 0 radical (unpaired) electrons. The van der Waals surface area contributed by atoms with Crippen LogP contribution in [-0.4, -0.2) is 48.4 Å². The smallest absolute Gasteiger partial charge is 0.341 e. The Kier molecular flexibility index (Phi) is 4.00. The maximum absolute atomic E-state index is 15.5. The van der Waals surface area contributed by atoms with Crippen LogP contribution in [0.1, 0.15) is 43.5 Å². The first-order valence-corrected chi connectivity index (χ1v) is 10.1. The average molecular weight is 402 g/mol. The standard InChI is InChI=1S/C21H24FN3O4/c1-29-20-17-13(19(26)14(21(27)28)9-25(17)12-4-5-12)7-15(22)18(20)24-8-11-3-2-6-23-16(11)10-24/h7,9,11-12,16,23H,2-6,8,10H2,1H3,(H,27,28)/i7D. The Hall–Kier alpha value is -2.61. The molecule has 2 aliphatic heterocycles. The first-order chi connectivity index (χ1) is 14.4. The van der Waals surface area contributed by atoms with Gasteiger partial charge in [-0.05, 0) is 44.2 Å². The lowest BCUT2D eigenvalue weighted by Gasteiger charge is -2.25. The number of carboxylic acid groups (broad SMARTS) is 1. The number of halogens is 1. The van der Waals surface area contributed by atoms with E-state index in [9.17, 15) is 14.7 Å². The van der Waals surface area contributed by atoms with Crippen molar-refractivity contribution in [2.75, 3.05) is 31.6 Å². The van der Waals surface area contributed by atoms with E-state index in [1.54, 1.807) is 4.57 Å². The third-order valence-corrected chi connectivity index (χ3v) is 6.40. The van der Waals surface area contributed by atoms with Crippen molar-refractivity contribution < 1.29 is 20.4 Å². The fourth-order valence-electron chi connectivity index (χ4n) is 4.86. The number of nitrogens with zero attached hydrogens (tertiary/aromatic N) is 2. The summed E-state index contributed by atoms with van der Waals surface area (Å²) in [7, 11) is 1.43. The van der Waals surface area contributed by atoms with Gasteiger partial charge in [-0.3, -0.25) is 4.79 Å². The summed E-state index contributed by atoms with van der Waals surface area (Å²) in [5.74, 6) is -1.61. The van der Waals surface area contributed by atoms with Gasteiger partial charge < -0.3 is 24.6 Å². The van der Waals surface area contributed by atoms with Gasteiger partial charge in [-0.15, -0.1) is 0 Å². The highest BCUT2D eigenvalue weighted by Crippen LogP contribution is 2.45. The second kappa shape index (κ2) is 6.73. The number of hydrogen-bond acceptors (Lipinski definition) is 5. The third kappa shape index (κ3) is 2.88.